The predicted molar refractivity (Wildman–Crippen MR) is 83.6 cm³/mol. The maximum absolute atomic E-state index is 11.4. The number of carbonyl (C=O) groups is 1. The number of carboxylic acids is 1. The lowest BCUT2D eigenvalue weighted by atomic mass is 10.1. The lowest BCUT2D eigenvalue weighted by molar-refractivity contribution is -0.136. The molecule has 2 rings (SSSR count). The molecule has 0 saturated heterocycles. The van der Waals surface area contributed by atoms with Crippen LogP contribution in [0.3, 0.4) is 0 Å². The average Bonchev–Trinajstić information content (AvgIpc) is 2.42. The van der Waals surface area contributed by atoms with Crippen molar-refractivity contribution in [2.45, 2.75) is 16.2 Å². The third kappa shape index (κ3) is 3.76. The van der Waals surface area contributed by atoms with Crippen molar-refractivity contribution in [2.24, 2.45) is 0 Å². The number of hydrogen-bond donors (Lipinski definition) is 2. The zero-order valence-electron chi connectivity index (χ0n) is 10.3. The van der Waals surface area contributed by atoms with E-state index in [1.807, 2.05) is 24.3 Å². The molecule has 2 N–H and O–H groups in total. The zero-order valence-corrected chi connectivity index (χ0v) is 12.8. The highest BCUT2D eigenvalue weighted by Crippen LogP contribution is 2.38. The van der Waals surface area contributed by atoms with Crippen molar-refractivity contribution in [3.63, 3.8) is 0 Å². The molecule has 20 heavy (non-hydrogen) atoms. The molecule has 1 atom stereocenters. The van der Waals surface area contributed by atoms with Gasteiger partial charge in [0.1, 0.15) is 0 Å². The number of rotatable bonds is 6. The van der Waals surface area contributed by atoms with E-state index in [1.54, 1.807) is 12.1 Å². The van der Waals surface area contributed by atoms with Gasteiger partial charge < -0.3 is 9.66 Å². The minimum Gasteiger partial charge on any atom is -0.481 e. The highest BCUT2D eigenvalue weighted by molar-refractivity contribution is 8.76. The molecule has 0 aliphatic carbocycles. The normalized spacial score (nSPS) is 12.4. The third-order valence-corrected chi connectivity index (χ3v) is 5.68. The van der Waals surface area contributed by atoms with E-state index >= 15 is 0 Å². The van der Waals surface area contributed by atoms with Gasteiger partial charge in [0.15, 0.2) is 11.1 Å². The van der Waals surface area contributed by atoms with Crippen LogP contribution in [-0.4, -0.2) is 25.6 Å². The van der Waals surface area contributed by atoms with Crippen molar-refractivity contribution in [1.29, 1.82) is 0 Å². The summed E-state index contributed by atoms with van der Waals surface area (Å²) < 4.78 is 20.8. The summed E-state index contributed by atoms with van der Waals surface area (Å²) in [6.45, 7) is 0. The molecule has 1 unspecified atom stereocenters. The van der Waals surface area contributed by atoms with Crippen LogP contribution in [0.15, 0.2) is 46.2 Å². The smallest absolute Gasteiger partial charge is 0.304 e. The van der Waals surface area contributed by atoms with Crippen LogP contribution in [0.2, 0.25) is 0 Å². The van der Waals surface area contributed by atoms with Gasteiger partial charge in [-0.25, -0.2) is 4.21 Å². The van der Waals surface area contributed by atoms with E-state index in [1.165, 1.54) is 21.6 Å². The topological polar surface area (TPSA) is 74.6 Å². The summed E-state index contributed by atoms with van der Waals surface area (Å²) in [7, 11) is 2.86. The first-order valence-electron chi connectivity index (χ1n) is 5.73. The molecule has 2 aromatic rings. The lowest BCUT2D eigenvalue weighted by Crippen LogP contribution is -1.95. The van der Waals surface area contributed by atoms with Gasteiger partial charge in [-0.3, -0.25) is 4.79 Å². The van der Waals surface area contributed by atoms with Crippen LogP contribution in [0.5, 0.6) is 0 Å². The van der Waals surface area contributed by atoms with Crippen LogP contribution >= 0.6 is 21.6 Å². The molecule has 0 saturated carbocycles. The Balaban J connectivity index is 2.28. The molecule has 7 heteroatoms. The summed E-state index contributed by atoms with van der Waals surface area (Å²) in [6, 6.07) is 10.9. The molecule has 0 bridgehead atoms. The van der Waals surface area contributed by atoms with Gasteiger partial charge in [0.25, 0.3) is 0 Å². The minimum absolute atomic E-state index is 0.0984. The van der Waals surface area contributed by atoms with Gasteiger partial charge >= 0.3 is 5.97 Å². The number of benzene rings is 2. The second-order valence-corrected chi connectivity index (χ2v) is 7.30. The molecule has 0 fully saturated rings. The molecule has 0 aromatic heterocycles. The summed E-state index contributed by atoms with van der Waals surface area (Å²) in [5.41, 5.74) is 0. The Hall–Kier alpha value is -1.02. The SMILES string of the molecule is O=C(O)CCSSc1cccc2cccc(S(=O)O)c12. The summed E-state index contributed by atoms with van der Waals surface area (Å²) in [6.07, 6.45) is 0.0984. The largest absolute Gasteiger partial charge is 0.481 e. The quantitative estimate of drug-likeness (QED) is 0.479. The Kier molecular flexibility index (Phi) is 5.47. The monoisotopic (exact) mass is 328 g/mol. The van der Waals surface area contributed by atoms with Gasteiger partial charge in [0.05, 0.1) is 11.3 Å². The molecular weight excluding hydrogens is 316 g/mol. The van der Waals surface area contributed by atoms with Crippen molar-refractivity contribution in [3.05, 3.63) is 36.4 Å². The second-order valence-electron chi connectivity index (χ2n) is 3.91. The standard InChI is InChI=1S/C13H12O4S3/c14-12(15)7-8-18-19-10-5-1-3-9-4-2-6-11(13(9)10)20(16)17/h1-6H,7-8H2,(H,14,15)(H,16,17). The van der Waals surface area contributed by atoms with E-state index in [9.17, 15) is 13.6 Å². The fourth-order valence-corrected chi connectivity index (χ4v) is 4.60. The first-order chi connectivity index (χ1) is 9.59. The van der Waals surface area contributed by atoms with Crippen LogP contribution in [0.4, 0.5) is 0 Å². The first kappa shape index (κ1) is 15.4. The van der Waals surface area contributed by atoms with Gasteiger partial charge in [-0.15, -0.1) is 0 Å². The summed E-state index contributed by atoms with van der Waals surface area (Å²) in [5.74, 6) is -0.339. The maximum Gasteiger partial charge on any atom is 0.304 e. The van der Waals surface area contributed by atoms with E-state index in [4.69, 9.17) is 5.11 Å². The molecule has 0 aliphatic heterocycles. The molecule has 2 aromatic carbocycles. The van der Waals surface area contributed by atoms with E-state index in [-0.39, 0.29) is 6.42 Å². The fourth-order valence-electron chi connectivity index (χ4n) is 1.72. The highest BCUT2D eigenvalue weighted by atomic mass is 33.1. The molecule has 106 valence electrons. The summed E-state index contributed by atoms with van der Waals surface area (Å²) in [4.78, 5) is 11.7. The zero-order chi connectivity index (χ0) is 14.5. The maximum atomic E-state index is 11.4. The van der Waals surface area contributed by atoms with Crippen LogP contribution in [-0.2, 0) is 15.9 Å². The van der Waals surface area contributed by atoms with Crippen LogP contribution < -0.4 is 0 Å². The van der Waals surface area contributed by atoms with Crippen molar-refractivity contribution < 1.29 is 18.7 Å². The Morgan fingerprint density at radius 2 is 1.90 bits per heavy atom. The Labute approximate surface area is 126 Å². The van der Waals surface area contributed by atoms with Gasteiger partial charge in [-0.05, 0) is 17.5 Å². The minimum atomic E-state index is -2.05. The van der Waals surface area contributed by atoms with Gasteiger partial charge in [0.2, 0.25) is 0 Å². The fraction of sp³-hybridized carbons (Fsp3) is 0.154. The third-order valence-electron chi connectivity index (χ3n) is 2.56. The molecule has 0 spiro atoms. The van der Waals surface area contributed by atoms with Crippen LogP contribution in [0.1, 0.15) is 6.42 Å². The molecule has 0 aliphatic rings. The number of carboxylic acid groups (broad SMARTS) is 1. The molecule has 0 heterocycles. The highest BCUT2D eigenvalue weighted by Gasteiger charge is 2.11. The Morgan fingerprint density at radius 3 is 2.55 bits per heavy atom. The van der Waals surface area contributed by atoms with E-state index < -0.39 is 17.0 Å². The van der Waals surface area contributed by atoms with Crippen molar-refractivity contribution in [1.82, 2.24) is 0 Å². The van der Waals surface area contributed by atoms with Crippen LogP contribution in [0, 0.1) is 0 Å². The van der Waals surface area contributed by atoms with Crippen LogP contribution in [0.25, 0.3) is 10.8 Å². The van der Waals surface area contributed by atoms with Crippen molar-refractivity contribution in [3.8, 4) is 0 Å². The number of hydrogen-bond acceptors (Lipinski definition) is 4. The lowest BCUT2D eigenvalue weighted by Gasteiger charge is -2.08. The van der Waals surface area contributed by atoms with Gasteiger partial charge in [0, 0.05) is 16.0 Å². The second kappa shape index (κ2) is 7.12. The Morgan fingerprint density at radius 1 is 1.20 bits per heavy atom. The predicted octanol–water partition coefficient (Wildman–Crippen LogP) is 3.64. The van der Waals surface area contributed by atoms with Crippen molar-refractivity contribution >= 4 is 49.4 Å². The molecule has 0 radical (unpaired) electrons. The Bertz CT molecular complexity index is 652. The van der Waals surface area contributed by atoms with E-state index in [2.05, 4.69) is 0 Å². The van der Waals surface area contributed by atoms with Crippen molar-refractivity contribution in [2.75, 3.05) is 5.75 Å². The number of aliphatic carboxylic acids is 1. The molecule has 4 nitrogen and oxygen atoms in total. The number of fused-ring (bicyclic) bond motifs is 1. The first-order valence-corrected chi connectivity index (χ1v) is 9.16. The van der Waals surface area contributed by atoms with E-state index in [0.717, 1.165) is 15.7 Å². The summed E-state index contributed by atoms with van der Waals surface area (Å²) in [5, 5.41) is 10.3. The van der Waals surface area contributed by atoms with E-state index in [0.29, 0.717) is 10.6 Å². The molecular formula is C13H12O4S3. The van der Waals surface area contributed by atoms with Gasteiger partial charge in [-0.2, -0.15) is 0 Å². The average molecular weight is 328 g/mol. The van der Waals surface area contributed by atoms with Gasteiger partial charge in [-0.1, -0.05) is 45.9 Å². The summed E-state index contributed by atoms with van der Waals surface area (Å²) >= 11 is -2.05. The molecule has 0 amide bonds.